The van der Waals surface area contributed by atoms with Gasteiger partial charge in [0.05, 0.1) is 11.9 Å². The van der Waals surface area contributed by atoms with E-state index in [1.165, 1.54) is 0 Å². The number of halogens is 3. The molecule has 1 aromatic carbocycles. The molecule has 0 aromatic heterocycles. The lowest BCUT2D eigenvalue weighted by atomic mass is 10.0. The van der Waals surface area contributed by atoms with Crippen LogP contribution in [-0.4, -0.2) is 30.0 Å². The van der Waals surface area contributed by atoms with Crippen LogP contribution in [0.5, 0.6) is 0 Å². The summed E-state index contributed by atoms with van der Waals surface area (Å²) in [6, 6.07) is 8.27. The highest BCUT2D eigenvalue weighted by Crippen LogP contribution is 2.07. The van der Waals surface area contributed by atoms with Gasteiger partial charge < -0.3 is 5.32 Å². The van der Waals surface area contributed by atoms with Gasteiger partial charge in [-0.1, -0.05) is 30.3 Å². The molecular formula is C13H14ClF2NO2. The van der Waals surface area contributed by atoms with Crippen LogP contribution in [0.3, 0.4) is 0 Å². The maximum absolute atomic E-state index is 12.2. The maximum Gasteiger partial charge on any atom is 0.315 e. The van der Waals surface area contributed by atoms with E-state index in [1.54, 1.807) is 0 Å². The first-order chi connectivity index (χ1) is 9.04. The monoisotopic (exact) mass is 289 g/mol. The molecule has 104 valence electrons. The highest BCUT2D eigenvalue weighted by Gasteiger charge is 2.24. The van der Waals surface area contributed by atoms with Gasteiger partial charge in [0.1, 0.15) is 0 Å². The van der Waals surface area contributed by atoms with Crippen LogP contribution >= 0.6 is 11.6 Å². The largest absolute Gasteiger partial charge is 0.341 e. The quantitative estimate of drug-likeness (QED) is 0.782. The van der Waals surface area contributed by atoms with Gasteiger partial charge in [-0.05, 0) is 18.4 Å². The molecule has 0 spiro atoms. The Labute approximate surface area is 114 Å². The first-order valence-corrected chi connectivity index (χ1v) is 6.29. The van der Waals surface area contributed by atoms with Crippen LogP contribution in [0.2, 0.25) is 0 Å². The number of carbonyl (C=O) groups excluding carboxylic acids is 2. The van der Waals surface area contributed by atoms with Crippen molar-refractivity contribution in [1.82, 2.24) is 5.32 Å². The molecule has 0 radical (unpaired) electrons. The van der Waals surface area contributed by atoms with Crippen LogP contribution in [-0.2, 0) is 16.0 Å². The van der Waals surface area contributed by atoms with Crippen LogP contribution < -0.4 is 5.32 Å². The molecule has 1 unspecified atom stereocenters. The van der Waals surface area contributed by atoms with E-state index in [0.717, 1.165) is 5.56 Å². The molecular weight excluding hydrogens is 276 g/mol. The minimum atomic E-state index is -3.14. The molecule has 1 aromatic rings. The van der Waals surface area contributed by atoms with Gasteiger partial charge in [0.15, 0.2) is 5.78 Å². The lowest BCUT2D eigenvalue weighted by Gasteiger charge is -2.16. The maximum atomic E-state index is 12.2. The van der Waals surface area contributed by atoms with Crippen molar-refractivity contribution in [3.05, 3.63) is 35.9 Å². The first-order valence-electron chi connectivity index (χ1n) is 5.75. The number of rotatable bonds is 7. The lowest BCUT2D eigenvalue weighted by Crippen LogP contribution is -2.44. The Hall–Kier alpha value is -1.49. The zero-order valence-corrected chi connectivity index (χ0v) is 10.9. The van der Waals surface area contributed by atoms with Crippen molar-refractivity contribution in [3.63, 3.8) is 0 Å². The number of benzene rings is 1. The number of carbonyl (C=O) groups is 2. The fourth-order valence-corrected chi connectivity index (χ4v) is 1.78. The van der Waals surface area contributed by atoms with Crippen molar-refractivity contribution in [2.75, 3.05) is 5.88 Å². The minimum absolute atomic E-state index is 0.244. The molecule has 0 bridgehead atoms. The highest BCUT2D eigenvalue weighted by molar-refractivity contribution is 6.28. The molecule has 1 amide bonds. The number of hydrogen-bond acceptors (Lipinski definition) is 2. The Kier molecular flexibility index (Phi) is 6.42. The minimum Gasteiger partial charge on any atom is -0.341 e. The number of amides is 1. The van der Waals surface area contributed by atoms with Crippen LogP contribution in [0.25, 0.3) is 0 Å². The van der Waals surface area contributed by atoms with E-state index >= 15 is 0 Å². The van der Waals surface area contributed by atoms with Crippen LogP contribution in [0.4, 0.5) is 8.78 Å². The predicted octanol–water partition coefficient (Wildman–Crippen LogP) is 2.18. The highest BCUT2D eigenvalue weighted by atomic mass is 35.5. The fourth-order valence-electron chi connectivity index (χ4n) is 1.60. The van der Waals surface area contributed by atoms with Gasteiger partial charge in [0.2, 0.25) is 0 Å². The number of nitrogens with one attached hydrogen (secondary N) is 1. The van der Waals surface area contributed by atoms with Crippen molar-refractivity contribution in [3.8, 4) is 0 Å². The molecule has 3 nitrogen and oxygen atoms in total. The second-order valence-corrected chi connectivity index (χ2v) is 4.25. The molecule has 0 aliphatic carbocycles. The molecule has 1 rings (SSSR count). The van der Waals surface area contributed by atoms with Crippen molar-refractivity contribution in [1.29, 1.82) is 0 Å². The van der Waals surface area contributed by atoms with Crippen molar-refractivity contribution < 1.29 is 18.4 Å². The molecule has 0 saturated carbocycles. The fraction of sp³-hybridized carbons (Fsp3) is 0.385. The first kappa shape index (κ1) is 15.6. The summed E-state index contributed by atoms with van der Waals surface area (Å²) in [5.41, 5.74) is 0.959. The van der Waals surface area contributed by atoms with Crippen molar-refractivity contribution >= 4 is 23.3 Å². The number of aryl methyl sites for hydroxylation is 1. The van der Waals surface area contributed by atoms with Gasteiger partial charge in [-0.3, -0.25) is 9.59 Å². The molecule has 19 heavy (non-hydrogen) atoms. The van der Waals surface area contributed by atoms with Gasteiger partial charge in [-0.15, -0.1) is 11.6 Å². The Balaban J connectivity index is 2.60. The third kappa shape index (κ3) is 5.34. The Morgan fingerprint density at radius 3 is 2.37 bits per heavy atom. The summed E-state index contributed by atoms with van der Waals surface area (Å²) < 4.78 is 24.3. The second kappa shape index (κ2) is 7.84. The zero-order valence-electron chi connectivity index (χ0n) is 10.1. The lowest BCUT2D eigenvalue weighted by molar-refractivity contribution is -0.135. The molecule has 0 fully saturated rings. The summed E-state index contributed by atoms with van der Waals surface area (Å²) in [5, 5.41) is 2.01. The van der Waals surface area contributed by atoms with Gasteiger partial charge in [0.25, 0.3) is 5.91 Å². The SMILES string of the molecule is O=C(NC(CCc1ccccc1)C(=O)CCl)C(F)F. The topological polar surface area (TPSA) is 46.2 Å². The number of alkyl halides is 3. The summed E-state index contributed by atoms with van der Waals surface area (Å²) in [7, 11) is 0. The summed E-state index contributed by atoms with van der Waals surface area (Å²) in [5.74, 6) is -2.23. The predicted molar refractivity (Wildman–Crippen MR) is 68.4 cm³/mol. The Morgan fingerprint density at radius 1 is 1.21 bits per heavy atom. The molecule has 6 heteroatoms. The zero-order chi connectivity index (χ0) is 14.3. The average molecular weight is 290 g/mol. The van der Waals surface area contributed by atoms with Crippen molar-refractivity contribution in [2.24, 2.45) is 0 Å². The second-order valence-electron chi connectivity index (χ2n) is 3.99. The molecule has 0 aliphatic heterocycles. The molecule has 1 N–H and O–H groups in total. The Bertz CT molecular complexity index is 426. The van der Waals surface area contributed by atoms with Gasteiger partial charge in [-0.2, -0.15) is 8.78 Å². The van der Waals surface area contributed by atoms with Crippen molar-refractivity contribution in [2.45, 2.75) is 25.3 Å². The van der Waals surface area contributed by atoms with Gasteiger partial charge in [0, 0.05) is 0 Å². The van der Waals surface area contributed by atoms with E-state index in [9.17, 15) is 18.4 Å². The van der Waals surface area contributed by atoms with E-state index in [0.29, 0.717) is 6.42 Å². The molecule has 0 aliphatic rings. The van der Waals surface area contributed by atoms with Gasteiger partial charge in [-0.25, -0.2) is 0 Å². The number of Topliss-reactive ketones (excluding diaryl/α,β-unsaturated/α-hetero) is 1. The average Bonchev–Trinajstić information content (AvgIpc) is 2.43. The standard InChI is InChI=1S/C13H14ClF2NO2/c14-8-11(18)10(17-13(19)12(15)16)7-6-9-4-2-1-3-5-9/h1-5,10,12H,6-8H2,(H,17,19). The summed E-state index contributed by atoms with van der Waals surface area (Å²) in [6.45, 7) is 0. The third-order valence-electron chi connectivity index (χ3n) is 2.60. The summed E-state index contributed by atoms with van der Waals surface area (Å²) in [6.07, 6.45) is -2.39. The van der Waals surface area contributed by atoms with Crippen LogP contribution in [0, 0.1) is 0 Å². The smallest absolute Gasteiger partial charge is 0.315 e. The van der Waals surface area contributed by atoms with E-state index in [-0.39, 0.29) is 12.3 Å². The number of hydrogen-bond donors (Lipinski definition) is 1. The normalized spacial score (nSPS) is 12.2. The van der Waals surface area contributed by atoms with E-state index in [2.05, 4.69) is 0 Å². The summed E-state index contributed by atoms with van der Waals surface area (Å²) >= 11 is 5.40. The molecule has 1 atom stereocenters. The summed E-state index contributed by atoms with van der Waals surface area (Å²) in [4.78, 5) is 22.4. The molecule has 0 saturated heterocycles. The van der Waals surface area contributed by atoms with Gasteiger partial charge >= 0.3 is 6.43 Å². The Morgan fingerprint density at radius 2 is 1.84 bits per heavy atom. The molecule has 0 heterocycles. The van der Waals surface area contributed by atoms with E-state index in [4.69, 9.17) is 11.6 Å². The van der Waals surface area contributed by atoms with Crippen LogP contribution in [0.15, 0.2) is 30.3 Å². The van der Waals surface area contributed by atoms with Crippen LogP contribution in [0.1, 0.15) is 12.0 Å². The third-order valence-corrected chi connectivity index (χ3v) is 2.86. The number of ketones is 1. The van der Waals surface area contributed by atoms with E-state index < -0.39 is 24.2 Å². The van der Waals surface area contributed by atoms with E-state index in [1.807, 2.05) is 35.6 Å².